The minimum Gasteiger partial charge on any atom is -0.463 e. The Morgan fingerprint density at radius 1 is 1.14 bits per heavy atom. The van der Waals surface area contributed by atoms with E-state index in [1.165, 1.54) is 10.0 Å². The van der Waals surface area contributed by atoms with E-state index in [4.69, 9.17) is 4.74 Å². The third-order valence-electron chi connectivity index (χ3n) is 4.08. The van der Waals surface area contributed by atoms with Crippen LogP contribution in [0.3, 0.4) is 0 Å². The van der Waals surface area contributed by atoms with Crippen molar-refractivity contribution in [2.45, 2.75) is 31.8 Å². The lowest BCUT2D eigenvalue weighted by atomic mass is 9.76. The number of amides is 2. The predicted molar refractivity (Wildman–Crippen MR) is 72.5 cm³/mol. The van der Waals surface area contributed by atoms with E-state index in [-0.39, 0.29) is 18.4 Å². The van der Waals surface area contributed by atoms with Crippen molar-refractivity contribution in [1.29, 1.82) is 0 Å². The SMILES string of the molecule is CCOC(=O)C1N2C(=O)C(CC)(c3ccccc3)C(=O)N12. The molecular weight excluding hydrogens is 272 g/mol. The maximum Gasteiger partial charge on any atom is 0.353 e. The summed E-state index contributed by atoms with van der Waals surface area (Å²) in [6.07, 6.45) is -0.523. The molecule has 2 saturated heterocycles. The average Bonchev–Trinajstić information content (AvgIpc) is 3.20. The molecule has 0 aromatic heterocycles. The van der Waals surface area contributed by atoms with Crippen molar-refractivity contribution in [1.82, 2.24) is 10.0 Å². The van der Waals surface area contributed by atoms with E-state index in [1.807, 2.05) is 6.07 Å². The number of benzene rings is 1. The summed E-state index contributed by atoms with van der Waals surface area (Å²) in [5.74, 6) is -1.25. The standard InChI is InChI=1S/C15H16N2O4/c1-3-15(10-8-6-5-7-9-10)13(19)16-11(12(18)21-4-2)17(16)14(15)20/h5-9,11H,3-4H2,1-2H3. The van der Waals surface area contributed by atoms with Crippen LogP contribution in [0.2, 0.25) is 0 Å². The lowest BCUT2D eigenvalue weighted by molar-refractivity contribution is -0.149. The summed E-state index contributed by atoms with van der Waals surface area (Å²) in [6.45, 7) is 3.71. The number of carbonyl (C=O) groups excluding carboxylic acids is 3. The van der Waals surface area contributed by atoms with Gasteiger partial charge in [0.15, 0.2) is 5.41 Å². The van der Waals surface area contributed by atoms with Gasteiger partial charge in [0.2, 0.25) is 6.17 Å². The molecule has 2 heterocycles. The Balaban J connectivity index is 1.94. The van der Waals surface area contributed by atoms with E-state index in [9.17, 15) is 14.4 Å². The van der Waals surface area contributed by atoms with Crippen LogP contribution in [0.5, 0.6) is 0 Å². The normalized spacial score (nSPS) is 19.7. The van der Waals surface area contributed by atoms with Crippen LogP contribution in [0.4, 0.5) is 0 Å². The van der Waals surface area contributed by atoms with Crippen molar-refractivity contribution in [2.24, 2.45) is 0 Å². The Morgan fingerprint density at radius 2 is 1.71 bits per heavy atom. The molecule has 6 nitrogen and oxygen atoms in total. The minimum absolute atomic E-state index is 0.219. The van der Waals surface area contributed by atoms with Gasteiger partial charge in [-0.25, -0.2) is 14.8 Å². The maximum atomic E-state index is 12.7. The van der Waals surface area contributed by atoms with Gasteiger partial charge in [0.25, 0.3) is 11.8 Å². The number of rotatable bonds is 4. The van der Waals surface area contributed by atoms with Gasteiger partial charge in [0.1, 0.15) is 0 Å². The molecular formula is C15H16N2O4. The zero-order chi connectivity index (χ0) is 15.2. The van der Waals surface area contributed by atoms with Gasteiger partial charge in [-0.2, -0.15) is 0 Å². The number of hydrogen-bond acceptors (Lipinski definition) is 4. The van der Waals surface area contributed by atoms with Gasteiger partial charge < -0.3 is 4.74 Å². The van der Waals surface area contributed by atoms with Crippen molar-refractivity contribution in [3.05, 3.63) is 35.9 Å². The monoisotopic (exact) mass is 288 g/mol. The van der Waals surface area contributed by atoms with E-state index in [0.717, 1.165) is 0 Å². The van der Waals surface area contributed by atoms with E-state index in [2.05, 4.69) is 0 Å². The summed E-state index contributed by atoms with van der Waals surface area (Å²) in [5, 5.41) is 2.41. The highest BCUT2D eigenvalue weighted by atomic mass is 16.5. The van der Waals surface area contributed by atoms with Gasteiger partial charge in [0, 0.05) is 0 Å². The fourth-order valence-electron chi connectivity index (χ4n) is 2.96. The first-order valence-corrected chi connectivity index (χ1v) is 6.99. The number of ether oxygens (including phenoxy) is 1. The second kappa shape index (κ2) is 4.58. The first-order chi connectivity index (χ1) is 10.1. The van der Waals surface area contributed by atoms with Crippen molar-refractivity contribution < 1.29 is 19.1 Å². The number of carbonyl (C=O) groups is 3. The maximum absolute atomic E-state index is 12.7. The van der Waals surface area contributed by atoms with E-state index >= 15 is 0 Å². The molecule has 0 N–H and O–H groups in total. The Bertz CT molecular complexity index is 591. The summed E-state index contributed by atoms with van der Waals surface area (Å²) in [5.41, 5.74) is -0.540. The van der Waals surface area contributed by atoms with Gasteiger partial charge in [-0.3, -0.25) is 9.59 Å². The zero-order valence-corrected chi connectivity index (χ0v) is 11.9. The lowest BCUT2D eigenvalue weighted by Crippen LogP contribution is -2.45. The van der Waals surface area contributed by atoms with E-state index in [1.54, 1.807) is 38.1 Å². The van der Waals surface area contributed by atoms with Crippen LogP contribution < -0.4 is 0 Å². The first kappa shape index (κ1) is 13.6. The highest BCUT2D eigenvalue weighted by Crippen LogP contribution is 2.48. The van der Waals surface area contributed by atoms with Crippen LogP contribution in [0.25, 0.3) is 0 Å². The lowest BCUT2D eigenvalue weighted by Gasteiger charge is -2.24. The quantitative estimate of drug-likeness (QED) is 0.467. The van der Waals surface area contributed by atoms with E-state index in [0.29, 0.717) is 12.0 Å². The molecule has 0 unspecified atom stereocenters. The molecule has 0 radical (unpaired) electrons. The Hall–Kier alpha value is -2.37. The van der Waals surface area contributed by atoms with Crippen LogP contribution in [0.1, 0.15) is 25.8 Å². The van der Waals surface area contributed by atoms with Crippen LogP contribution in [-0.4, -0.2) is 40.6 Å². The van der Waals surface area contributed by atoms with Crippen molar-refractivity contribution >= 4 is 17.8 Å². The number of nitrogens with zero attached hydrogens (tertiary/aromatic N) is 2. The van der Waals surface area contributed by atoms with Crippen molar-refractivity contribution in [3.8, 4) is 0 Å². The fraction of sp³-hybridized carbons (Fsp3) is 0.400. The zero-order valence-electron chi connectivity index (χ0n) is 11.9. The molecule has 0 atom stereocenters. The van der Waals surface area contributed by atoms with Crippen molar-refractivity contribution in [3.63, 3.8) is 0 Å². The van der Waals surface area contributed by atoms with Gasteiger partial charge in [0.05, 0.1) is 6.61 Å². The third-order valence-corrected chi connectivity index (χ3v) is 4.08. The van der Waals surface area contributed by atoms with Crippen LogP contribution in [0.15, 0.2) is 30.3 Å². The molecule has 0 spiro atoms. The Morgan fingerprint density at radius 3 is 2.19 bits per heavy atom. The molecule has 1 aromatic carbocycles. The highest BCUT2D eigenvalue weighted by Gasteiger charge is 2.73. The second-order valence-corrected chi connectivity index (χ2v) is 5.05. The number of esters is 1. The summed E-state index contributed by atoms with van der Waals surface area (Å²) in [7, 11) is 0. The molecule has 3 rings (SSSR count). The molecule has 2 fully saturated rings. The predicted octanol–water partition coefficient (Wildman–Crippen LogP) is 0.823. The van der Waals surface area contributed by atoms with E-state index < -0.39 is 17.6 Å². The third kappa shape index (κ3) is 1.62. The molecule has 110 valence electrons. The summed E-state index contributed by atoms with van der Waals surface area (Å²) in [6, 6.07) is 8.96. The molecule has 1 aromatic rings. The van der Waals surface area contributed by atoms with Crippen LogP contribution in [0, 0.1) is 0 Å². The van der Waals surface area contributed by atoms with Crippen LogP contribution >= 0.6 is 0 Å². The summed E-state index contributed by atoms with van der Waals surface area (Å²) >= 11 is 0. The Kier molecular flexibility index (Phi) is 2.97. The van der Waals surface area contributed by atoms with Crippen molar-refractivity contribution in [2.75, 3.05) is 6.61 Å². The minimum atomic E-state index is -1.20. The van der Waals surface area contributed by atoms with Gasteiger partial charge >= 0.3 is 5.97 Å². The largest absolute Gasteiger partial charge is 0.463 e. The molecule has 21 heavy (non-hydrogen) atoms. The Labute approximate surface area is 122 Å². The molecule has 0 aliphatic carbocycles. The smallest absolute Gasteiger partial charge is 0.353 e. The van der Waals surface area contributed by atoms with Gasteiger partial charge in [-0.05, 0) is 18.9 Å². The molecule has 0 bridgehead atoms. The van der Waals surface area contributed by atoms with Gasteiger partial charge in [-0.15, -0.1) is 0 Å². The number of fused-ring (bicyclic) bond motifs is 1. The fourth-order valence-corrected chi connectivity index (χ4v) is 2.96. The topological polar surface area (TPSA) is 66.5 Å². The summed E-state index contributed by atoms with van der Waals surface area (Å²) < 4.78 is 4.88. The van der Waals surface area contributed by atoms with Crippen LogP contribution in [-0.2, 0) is 24.5 Å². The molecule has 6 heteroatoms. The molecule has 2 aliphatic heterocycles. The first-order valence-electron chi connectivity index (χ1n) is 6.99. The average molecular weight is 288 g/mol. The summed E-state index contributed by atoms with van der Waals surface area (Å²) in [4.78, 5) is 37.1. The molecule has 2 aliphatic rings. The molecule has 2 amide bonds. The number of hydrazine groups is 1. The van der Waals surface area contributed by atoms with Gasteiger partial charge in [-0.1, -0.05) is 37.3 Å². The highest BCUT2D eigenvalue weighted by molar-refractivity contribution is 6.19. The molecule has 0 saturated carbocycles. The second-order valence-electron chi connectivity index (χ2n) is 5.05. The number of hydrogen-bond donors (Lipinski definition) is 0.